The Bertz CT molecular complexity index is 437. The average Bonchev–Trinajstić information content (AvgIpc) is 2.50. The van der Waals surface area contributed by atoms with E-state index in [1.807, 2.05) is 0 Å². The third-order valence-corrected chi connectivity index (χ3v) is 4.12. The lowest BCUT2D eigenvalue weighted by Gasteiger charge is -2.17. The Morgan fingerprint density at radius 1 is 0.857 bits per heavy atom. The molecule has 2 nitrogen and oxygen atoms in total. The van der Waals surface area contributed by atoms with Gasteiger partial charge in [-0.25, -0.2) is 0 Å². The molecule has 2 heteroatoms. The van der Waals surface area contributed by atoms with Crippen LogP contribution >= 0.6 is 0 Å². The van der Waals surface area contributed by atoms with Crippen molar-refractivity contribution in [2.45, 2.75) is 78.6 Å². The van der Waals surface area contributed by atoms with Gasteiger partial charge in [0.1, 0.15) is 0 Å². The number of hydrogen-bond donors (Lipinski definition) is 1. The van der Waals surface area contributed by atoms with Gasteiger partial charge < -0.3 is 5.21 Å². The molecule has 1 rings (SSSR count). The highest BCUT2D eigenvalue weighted by molar-refractivity contribution is 5.82. The maximum absolute atomic E-state index is 8.92. The minimum absolute atomic E-state index is 1.09. The molecule has 0 spiro atoms. The molecule has 1 N–H and O–H groups in total. The Balaban J connectivity index is 3.18. The topological polar surface area (TPSA) is 32.6 Å². The van der Waals surface area contributed by atoms with Crippen LogP contribution in [0, 0.1) is 0 Å². The van der Waals surface area contributed by atoms with Crippen LogP contribution in [-0.4, -0.2) is 11.4 Å². The zero-order valence-electron chi connectivity index (χ0n) is 14.0. The summed E-state index contributed by atoms with van der Waals surface area (Å²) in [5, 5.41) is 12.2. The summed E-state index contributed by atoms with van der Waals surface area (Å²) in [7, 11) is 0. The van der Waals surface area contributed by atoms with E-state index in [1.165, 1.54) is 61.6 Å². The Morgan fingerprint density at radius 2 is 1.43 bits per heavy atom. The Morgan fingerprint density at radius 3 is 2.00 bits per heavy atom. The van der Waals surface area contributed by atoms with E-state index >= 15 is 0 Å². The van der Waals surface area contributed by atoms with Crippen LogP contribution in [0.25, 0.3) is 0 Å². The fraction of sp³-hybridized carbons (Fsp3) is 0.632. The SMILES string of the molecule is CCCCc1ccc(C=NO)c(CCCC)c1CCCC. The zero-order valence-corrected chi connectivity index (χ0v) is 14.0. The second kappa shape index (κ2) is 10.4. The van der Waals surface area contributed by atoms with Crippen LogP contribution in [0.1, 0.15) is 81.5 Å². The fourth-order valence-corrected chi connectivity index (χ4v) is 2.86. The quantitative estimate of drug-likeness (QED) is 0.343. The Labute approximate surface area is 130 Å². The van der Waals surface area contributed by atoms with Gasteiger partial charge in [0.2, 0.25) is 0 Å². The minimum atomic E-state index is 1.09. The first kappa shape index (κ1) is 17.7. The molecule has 1 aromatic carbocycles. The van der Waals surface area contributed by atoms with Crippen LogP contribution in [0.4, 0.5) is 0 Å². The van der Waals surface area contributed by atoms with Gasteiger partial charge in [0, 0.05) is 0 Å². The van der Waals surface area contributed by atoms with Gasteiger partial charge in [-0.2, -0.15) is 0 Å². The third-order valence-electron chi connectivity index (χ3n) is 4.12. The molecule has 0 saturated carbocycles. The first-order valence-electron chi connectivity index (χ1n) is 8.59. The highest BCUT2D eigenvalue weighted by Gasteiger charge is 2.12. The molecule has 1 aromatic rings. The van der Waals surface area contributed by atoms with Gasteiger partial charge in [-0.15, -0.1) is 0 Å². The van der Waals surface area contributed by atoms with Gasteiger partial charge >= 0.3 is 0 Å². The lowest BCUT2D eigenvalue weighted by Crippen LogP contribution is -2.05. The summed E-state index contributed by atoms with van der Waals surface area (Å²) in [6, 6.07) is 4.37. The van der Waals surface area contributed by atoms with Crippen molar-refractivity contribution in [1.82, 2.24) is 0 Å². The van der Waals surface area contributed by atoms with E-state index in [-0.39, 0.29) is 0 Å². The molecule has 0 fully saturated rings. The molecule has 0 amide bonds. The number of nitrogens with zero attached hydrogens (tertiary/aromatic N) is 1. The standard InChI is InChI=1S/C19H31NO/c1-4-7-10-16-13-14-17(15-20-21)19(12-9-6-3)18(16)11-8-5-2/h13-15,21H,4-12H2,1-3H3. The summed E-state index contributed by atoms with van der Waals surface area (Å²) in [6.07, 6.45) is 12.4. The first-order valence-corrected chi connectivity index (χ1v) is 8.59. The molecule has 118 valence electrons. The number of aryl methyl sites for hydroxylation is 1. The van der Waals surface area contributed by atoms with Crippen LogP contribution < -0.4 is 0 Å². The van der Waals surface area contributed by atoms with E-state index in [4.69, 9.17) is 5.21 Å². The van der Waals surface area contributed by atoms with Crippen LogP contribution in [-0.2, 0) is 19.3 Å². The lowest BCUT2D eigenvalue weighted by atomic mass is 9.88. The summed E-state index contributed by atoms with van der Waals surface area (Å²) in [5.74, 6) is 0. The van der Waals surface area contributed by atoms with Gasteiger partial charge in [0.05, 0.1) is 6.21 Å². The molecule has 0 heterocycles. The van der Waals surface area contributed by atoms with Crippen LogP contribution in [0.5, 0.6) is 0 Å². The van der Waals surface area contributed by atoms with Gasteiger partial charge in [0.15, 0.2) is 0 Å². The van der Waals surface area contributed by atoms with Crippen molar-refractivity contribution in [2.24, 2.45) is 5.16 Å². The van der Waals surface area contributed by atoms with Crippen molar-refractivity contribution in [1.29, 1.82) is 0 Å². The van der Waals surface area contributed by atoms with Crippen molar-refractivity contribution < 1.29 is 5.21 Å². The summed E-state index contributed by atoms with van der Waals surface area (Å²) >= 11 is 0. The highest BCUT2D eigenvalue weighted by atomic mass is 16.4. The Kier molecular flexibility index (Phi) is 8.80. The number of benzene rings is 1. The zero-order chi connectivity index (χ0) is 15.5. The van der Waals surface area contributed by atoms with E-state index in [0.717, 1.165) is 18.4 Å². The molecule has 0 radical (unpaired) electrons. The monoisotopic (exact) mass is 289 g/mol. The molecule has 0 aliphatic heterocycles. The molecule has 0 aromatic heterocycles. The minimum Gasteiger partial charge on any atom is -0.411 e. The van der Waals surface area contributed by atoms with Crippen molar-refractivity contribution >= 4 is 6.21 Å². The largest absolute Gasteiger partial charge is 0.411 e. The number of rotatable bonds is 10. The molecule has 0 aliphatic carbocycles. The number of unbranched alkanes of at least 4 members (excludes halogenated alkanes) is 3. The van der Waals surface area contributed by atoms with Crippen LogP contribution in [0.15, 0.2) is 17.3 Å². The van der Waals surface area contributed by atoms with Gasteiger partial charge in [-0.05, 0) is 60.8 Å². The van der Waals surface area contributed by atoms with Gasteiger partial charge in [-0.1, -0.05) is 57.3 Å². The van der Waals surface area contributed by atoms with Crippen LogP contribution in [0.3, 0.4) is 0 Å². The smallest absolute Gasteiger partial charge is 0.0736 e. The summed E-state index contributed by atoms with van der Waals surface area (Å²) in [4.78, 5) is 0. The molecule has 0 aliphatic rings. The molecule has 0 unspecified atom stereocenters. The van der Waals surface area contributed by atoms with Gasteiger partial charge in [-0.3, -0.25) is 0 Å². The average molecular weight is 289 g/mol. The molecule has 21 heavy (non-hydrogen) atoms. The van der Waals surface area contributed by atoms with Crippen LogP contribution in [0.2, 0.25) is 0 Å². The van der Waals surface area contributed by atoms with Crippen molar-refractivity contribution in [3.63, 3.8) is 0 Å². The van der Waals surface area contributed by atoms with E-state index in [2.05, 4.69) is 38.1 Å². The predicted octanol–water partition coefficient (Wildman–Crippen LogP) is 5.52. The molecule has 0 bridgehead atoms. The summed E-state index contributed by atoms with van der Waals surface area (Å²) < 4.78 is 0. The molecule has 0 atom stereocenters. The highest BCUT2D eigenvalue weighted by Crippen LogP contribution is 2.24. The van der Waals surface area contributed by atoms with Crippen molar-refractivity contribution in [3.05, 3.63) is 34.4 Å². The normalized spacial score (nSPS) is 11.4. The Hall–Kier alpha value is -1.31. The van der Waals surface area contributed by atoms with E-state index in [1.54, 1.807) is 6.21 Å². The molecule has 0 saturated heterocycles. The van der Waals surface area contributed by atoms with Crippen molar-refractivity contribution in [2.75, 3.05) is 0 Å². The summed E-state index contributed by atoms with van der Waals surface area (Å²) in [6.45, 7) is 6.72. The van der Waals surface area contributed by atoms with E-state index in [0.29, 0.717) is 0 Å². The lowest BCUT2D eigenvalue weighted by molar-refractivity contribution is 0.322. The van der Waals surface area contributed by atoms with Crippen molar-refractivity contribution in [3.8, 4) is 0 Å². The summed E-state index contributed by atoms with van der Waals surface area (Å²) in [5.41, 5.74) is 5.54. The van der Waals surface area contributed by atoms with E-state index in [9.17, 15) is 0 Å². The molecular formula is C19H31NO. The number of hydrogen-bond acceptors (Lipinski definition) is 2. The number of oxime groups is 1. The maximum atomic E-state index is 8.92. The first-order chi connectivity index (χ1) is 10.3. The van der Waals surface area contributed by atoms with E-state index < -0.39 is 0 Å². The molecular weight excluding hydrogens is 258 g/mol. The predicted molar refractivity (Wildman–Crippen MR) is 91.7 cm³/mol. The maximum Gasteiger partial charge on any atom is 0.0736 e. The second-order valence-electron chi connectivity index (χ2n) is 5.83. The second-order valence-corrected chi connectivity index (χ2v) is 5.83. The van der Waals surface area contributed by atoms with Gasteiger partial charge in [0.25, 0.3) is 0 Å². The fourth-order valence-electron chi connectivity index (χ4n) is 2.86. The third kappa shape index (κ3) is 5.53.